The van der Waals surface area contributed by atoms with E-state index in [1.54, 1.807) is 0 Å². The van der Waals surface area contributed by atoms with E-state index < -0.39 is 0 Å². The minimum absolute atomic E-state index is 0.0209. The second kappa shape index (κ2) is 7.42. The predicted molar refractivity (Wildman–Crippen MR) is 128 cm³/mol. The number of carbonyl (C=O) groups excluding carboxylic acids is 1. The van der Waals surface area contributed by atoms with Crippen LogP contribution < -0.4 is 4.90 Å². The molecule has 7 heteroatoms. The average Bonchev–Trinajstić information content (AvgIpc) is 3.10. The SMILES string of the molecule is Cc1cc2[nH]c(-c3n[nH]c4c3C[C@@H]3C[C@]3(C)C4)nc2cc1N(C)C(=O)[C@H](C)C1CCOCC1. The van der Waals surface area contributed by atoms with E-state index in [1.807, 2.05) is 18.0 Å². The van der Waals surface area contributed by atoms with Crippen LogP contribution in [0.1, 0.15) is 49.9 Å². The van der Waals surface area contributed by atoms with Crippen molar-refractivity contribution in [2.45, 2.75) is 52.9 Å². The summed E-state index contributed by atoms with van der Waals surface area (Å²) < 4.78 is 5.48. The van der Waals surface area contributed by atoms with Crippen molar-refractivity contribution in [2.24, 2.45) is 23.2 Å². The summed E-state index contributed by atoms with van der Waals surface area (Å²) in [6.45, 7) is 8.00. The van der Waals surface area contributed by atoms with Gasteiger partial charge in [-0.25, -0.2) is 4.98 Å². The molecule has 0 radical (unpaired) electrons. The van der Waals surface area contributed by atoms with Crippen LogP contribution in [0.5, 0.6) is 0 Å². The molecule has 2 aromatic heterocycles. The minimum Gasteiger partial charge on any atom is -0.381 e. The lowest BCUT2D eigenvalue weighted by atomic mass is 9.86. The van der Waals surface area contributed by atoms with Gasteiger partial charge in [0.25, 0.3) is 0 Å². The van der Waals surface area contributed by atoms with Gasteiger partial charge in [-0.05, 0) is 74.0 Å². The molecule has 2 fully saturated rings. The molecule has 6 rings (SSSR count). The molecule has 1 aromatic carbocycles. The maximum absolute atomic E-state index is 13.3. The van der Waals surface area contributed by atoms with Gasteiger partial charge in [0.2, 0.25) is 5.91 Å². The van der Waals surface area contributed by atoms with E-state index in [4.69, 9.17) is 9.72 Å². The largest absolute Gasteiger partial charge is 0.381 e. The van der Waals surface area contributed by atoms with E-state index in [0.29, 0.717) is 11.3 Å². The van der Waals surface area contributed by atoms with E-state index in [1.165, 1.54) is 17.7 Å². The van der Waals surface area contributed by atoms with Gasteiger partial charge < -0.3 is 14.6 Å². The van der Waals surface area contributed by atoms with E-state index in [-0.39, 0.29) is 11.8 Å². The lowest BCUT2D eigenvalue weighted by molar-refractivity contribution is -0.124. The van der Waals surface area contributed by atoms with Crippen LogP contribution in [-0.2, 0) is 22.4 Å². The van der Waals surface area contributed by atoms with Gasteiger partial charge in [-0.1, -0.05) is 13.8 Å². The fourth-order valence-electron chi connectivity index (χ4n) is 6.12. The van der Waals surface area contributed by atoms with Crippen molar-refractivity contribution in [3.63, 3.8) is 0 Å². The Kier molecular flexibility index (Phi) is 4.70. The zero-order valence-corrected chi connectivity index (χ0v) is 20.0. The van der Waals surface area contributed by atoms with Gasteiger partial charge in [0, 0.05) is 43.1 Å². The van der Waals surface area contributed by atoms with Crippen molar-refractivity contribution >= 4 is 22.6 Å². The summed E-state index contributed by atoms with van der Waals surface area (Å²) in [5.74, 6) is 2.11. The van der Waals surface area contributed by atoms with Crippen molar-refractivity contribution in [1.82, 2.24) is 20.2 Å². The molecule has 0 unspecified atom stereocenters. The third-order valence-electron chi connectivity index (χ3n) is 8.60. The van der Waals surface area contributed by atoms with Gasteiger partial charge in [0.15, 0.2) is 5.82 Å². The second-order valence-electron chi connectivity index (χ2n) is 10.8. The van der Waals surface area contributed by atoms with Gasteiger partial charge in [-0.3, -0.25) is 9.89 Å². The van der Waals surface area contributed by atoms with Crippen molar-refractivity contribution in [2.75, 3.05) is 25.2 Å². The van der Waals surface area contributed by atoms with E-state index >= 15 is 0 Å². The van der Waals surface area contributed by atoms with Crippen molar-refractivity contribution in [3.8, 4) is 11.5 Å². The molecule has 7 nitrogen and oxygen atoms in total. The summed E-state index contributed by atoms with van der Waals surface area (Å²) in [7, 11) is 1.89. The van der Waals surface area contributed by atoms with E-state index in [0.717, 1.165) is 78.6 Å². The predicted octanol–water partition coefficient (Wildman–Crippen LogP) is 4.41. The van der Waals surface area contributed by atoms with Crippen LogP contribution in [0.4, 0.5) is 5.69 Å². The van der Waals surface area contributed by atoms with E-state index in [2.05, 4.69) is 42.0 Å². The Bertz CT molecular complexity index is 1240. The molecule has 0 spiro atoms. The van der Waals surface area contributed by atoms with Crippen LogP contribution in [0.2, 0.25) is 0 Å². The van der Waals surface area contributed by atoms with Crippen LogP contribution in [0.25, 0.3) is 22.6 Å². The number of nitrogens with one attached hydrogen (secondary N) is 2. The van der Waals surface area contributed by atoms with E-state index in [9.17, 15) is 4.79 Å². The number of aromatic amines is 2. The number of H-pyrrole nitrogens is 2. The van der Waals surface area contributed by atoms with Gasteiger partial charge in [0.05, 0.1) is 11.0 Å². The topological polar surface area (TPSA) is 86.9 Å². The highest BCUT2D eigenvalue weighted by atomic mass is 16.5. The van der Waals surface area contributed by atoms with Crippen LogP contribution in [-0.4, -0.2) is 46.3 Å². The molecule has 3 atom stereocenters. The van der Waals surface area contributed by atoms with Crippen molar-refractivity contribution < 1.29 is 9.53 Å². The Labute approximate surface area is 194 Å². The number of aromatic nitrogens is 4. The number of amides is 1. The first-order valence-corrected chi connectivity index (χ1v) is 12.3. The molecule has 33 heavy (non-hydrogen) atoms. The number of anilines is 1. The number of benzene rings is 1. The number of ether oxygens (including phenoxy) is 1. The summed E-state index contributed by atoms with van der Waals surface area (Å²) >= 11 is 0. The molecule has 0 bridgehead atoms. The third kappa shape index (κ3) is 3.39. The third-order valence-corrected chi connectivity index (χ3v) is 8.60. The number of imidazole rings is 1. The first kappa shape index (κ1) is 20.9. The molecular weight excluding hydrogens is 414 g/mol. The molecule has 174 valence electrons. The zero-order valence-electron chi connectivity index (χ0n) is 20.0. The number of fused-ring (bicyclic) bond motifs is 3. The molecular formula is C26H33N5O2. The van der Waals surface area contributed by atoms with Crippen LogP contribution in [0.15, 0.2) is 12.1 Å². The van der Waals surface area contributed by atoms with Crippen LogP contribution in [0, 0.1) is 30.1 Å². The smallest absolute Gasteiger partial charge is 0.229 e. The highest BCUT2D eigenvalue weighted by molar-refractivity contribution is 5.97. The molecule has 1 saturated carbocycles. The fourth-order valence-corrected chi connectivity index (χ4v) is 6.12. The quantitative estimate of drug-likeness (QED) is 0.620. The number of nitrogens with zero attached hydrogens (tertiary/aromatic N) is 3. The lowest BCUT2D eigenvalue weighted by Gasteiger charge is -2.30. The maximum Gasteiger partial charge on any atom is 0.229 e. The summed E-state index contributed by atoms with van der Waals surface area (Å²) in [5.41, 5.74) is 7.84. The fraction of sp³-hybridized carbons (Fsp3) is 0.577. The maximum atomic E-state index is 13.3. The highest BCUT2D eigenvalue weighted by Crippen LogP contribution is 2.59. The molecule has 2 N–H and O–H groups in total. The summed E-state index contributed by atoms with van der Waals surface area (Å²) in [4.78, 5) is 23.5. The Morgan fingerprint density at radius 1 is 1.30 bits per heavy atom. The number of aryl methyl sites for hydroxylation is 1. The molecule has 1 aliphatic heterocycles. The number of hydrogen-bond donors (Lipinski definition) is 2. The van der Waals surface area contributed by atoms with Crippen LogP contribution >= 0.6 is 0 Å². The Morgan fingerprint density at radius 3 is 2.88 bits per heavy atom. The molecule has 3 aromatic rings. The molecule has 3 heterocycles. The zero-order chi connectivity index (χ0) is 22.9. The summed E-state index contributed by atoms with van der Waals surface area (Å²) in [6, 6.07) is 4.14. The van der Waals surface area contributed by atoms with Crippen molar-refractivity contribution in [1.29, 1.82) is 0 Å². The first-order chi connectivity index (χ1) is 15.8. The Hall–Kier alpha value is -2.67. The molecule has 2 aliphatic carbocycles. The monoisotopic (exact) mass is 447 g/mol. The second-order valence-corrected chi connectivity index (χ2v) is 10.8. The standard InChI is InChI=1S/C26H33N5O2/c1-14-9-19-20(11-22(14)31(4)25(32)15(2)16-5-7-33-8-6-16)28-24(27-19)23-18-10-17-12-26(17,3)13-21(18)29-30-23/h9,11,15-17H,5-8,10,12-13H2,1-4H3,(H,27,28)(H,29,30)/t15-,17-,26-/m1/s1. The average molecular weight is 448 g/mol. The van der Waals surface area contributed by atoms with Gasteiger partial charge in [0.1, 0.15) is 5.69 Å². The molecule has 1 amide bonds. The summed E-state index contributed by atoms with van der Waals surface area (Å²) in [6.07, 6.45) is 5.39. The van der Waals surface area contributed by atoms with Crippen molar-refractivity contribution in [3.05, 3.63) is 29.0 Å². The number of carbonyl (C=O) groups is 1. The highest BCUT2D eigenvalue weighted by Gasteiger charge is 2.53. The lowest BCUT2D eigenvalue weighted by Crippen LogP contribution is -2.37. The molecule has 1 saturated heterocycles. The van der Waals surface area contributed by atoms with Gasteiger partial charge in [-0.2, -0.15) is 5.10 Å². The minimum atomic E-state index is -0.0209. The first-order valence-electron chi connectivity index (χ1n) is 12.3. The normalized spacial score (nSPS) is 25.5. The Balaban J connectivity index is 1.29. The Morgan fingerprint density at radius 2 is 2.09 bits per heavy atom. The van der Waals surface area contributed by atoms with Crippen LogP contribution in [0.3, 0.4) is 0 Å². The van der Waals surface area contributed by atoms with Gasteiger partial charge >= 0.3 is 0 Å². The molecule has 3 aliphatic rings. The van der Waals surface area contributed by atoms with Gasteiger partial charge in [-0.15, -0.1) is 0 Å². The number of rotatable bonds is 4. The summed E-state index contributed by atoms with van der Waals surface area (Å²) in [5, 5.41) is 7.92. The number of hydrogen-bond acceptors (Lipinski definition) is 4.